The van der Waals surface area contributed by atoms with Crippen LogP contribution < -0.4 is 9.47 Å². The first-order chi connectivity index (χ1) is 11.9. The number of halogens is 3. The summed E-state index contributed by atoms with van der Waals surface area (Å²) in [5, 5.41) is -0.300. The largest absolute Gasteiger partial charge is 0.497 e. The smallest absolute Gasteiger partial charge is 0.340 e. The quantitative estimate of drug-likeness (QED) is 0.423. The predicted octanol–water partition coefficient (Wildman–Crippen LogP) is 4.19. The van der Waals surface area contributed by atoms with Crippen molar-refractivity contribution < 1.29 is 28.2 Å². The van der Waals surface area contributed by atoms with Crippen molar-refractivity contribution in [1.82, 2.24) is 0 Å². The van der Waals surface area contributed by atoms with E-state index in [0.717, 1.165) is 12.1 Å². The van der Waals surface area contributed by atoms with Crippen LogP contribution >= 0.6 is 23.2 Å². The van der Waals surface area contributed by atoms with Crippen LogP contribution in [0.3, 0.4) is 0 Å². The van der Waals surface area contributed by atoms with Gasteiger partial charge in [0.1, 0.15) is 17.3 Å². The number of Topliss-reactive ketones (excluding diaryl/α,β-unsaturated/α-hetero) is 1. The van der Waals surface area contributed by atoms with Gasteiger partial charge in [-0.2, -0.15) is 0 Å². The minimum atomic E-state index is -0.943. The van der Waals surface area contributed by atoms with E-state index < -0.39 is 24.2 Å². The molecule has 0 saturated heterocycles. The van der Waals surface area contributed by atoms with Crippen LogP contribution in [0, 0.1) is 5.82 Å². The van der Waals surface area contributed by atoms with Gasteiger partial charge in [0, 0.05) is 6.07 Å². The van der Waals surface area contributed by atoms with E-state index in [1.807, 2.05) is 0 Å². The van der Waals surface area contributed by atoms with Crippen LogP contribution in [0.15, 0.2) is 30.3 Å². The van der Waals surface area contributed by atoms with Crippen molar-refractivity contribution in [2.75, 3.05) is 20.8 Å². The zero-order chi connectivity index (χ0) is 18.6. The monoisotopic (exact) mass is 386 g/mol. The zero-order valence-corrected chi connectivity index (χ0v) is 14.8. The summed E-state index contributed by atoms with van der Waals surface area (Å²) in [7, 11) is 2.88. The molecule has 0 N–H and O–H groups in total. The minimum Gasteiger partial charge on any atom is -0.497 e. The number of methoxy groups -OCH3 is 2. The van der Waals surface area contributed by atoms with Gasteiger partial charge in [-0.25, -0.2) is 9.18 Å². The summed E-state index contributed by atoms with van der Waals surface area (Å²) >= 11 is 11.4. The standard InChI is InChI=1S/C17H13Cl2FO5/c1-23-9-3-4-10(16(5-9)24-2)15(21)8-25-17(22)11-6-14(20)13(19)7-12(11)18/h3-7H,8H2,1-2H3. The Bertz CT molecular complexity index is 823. The Hall–Kier alpha value is -2.31. The molecular weight excluding hydrogens is 374 g/mol. The van der Waals surface area contributed by atoms with Crippen molar-refractivity contribution in [1.29, 1.82) is 0 Å². The Kier molecular flexibility index (Phi) is 6.22. The van der Waals surface area contributed by atoms with E-state index >= 15 is 0 Å². The highest BCUT2D eigenvalue weighted by Gasteiger charge is 2.19. The molecule has 5 nitrogen and oxygen atoms in total. The maximum Gasteiger partial charge on any atom is 0.340 e. The Labute approximate surface area is 153 Å². The SMILES string of the molecule is COc1ccc(C(=O)COC(=O)c2cc(F)c(Cl)cc2Cl)c(OC)c1. The molecule has 2 aromatic rings. The number of carbonyl (C=O) groups excluding carboxylic acids is 2. The fourth-order valence-corrected chi connectivity index (χ4v) is 2.45. The number of hydrogen-bond acceptors (Lipinski definition) is 5. The number of benzene rings is 2. The summed E-state index contributed by atoms with van der Waals surface area (Å²) in [5.74, 6) is -1.48. The van der Waals surface area contributed by atoms with Crippen molar-refractivity contribution in [3.63, 3.8) is 0 Å². The van der Waals surface area contributed by atoms with Crippen LogP contribution in [0.4, 0.5) is 4.39 Å². The van der Waals surface area contributed by atoms with Gasteiger partial charge in [-0.05, 0) is 24.3 Å². The van der Waals surface area contributed by atoms with Crippen LogP contribution in [0.1, 0.15) is 20.7 Å². The van der Waals surface area contributed by atoms with E-state index in [4.69, 9.17) is 37.4 Å². The van der Waals surface area contributed by atoms with Crippen LogP contribution in [0.2, 0.25) is 10.0 Å². The van der Waals surface area contributed by atoms with E-state index in [9.17, 15) is 14.0 Å². The Morgan fingerprint density at radius 2 is 1.72 bits per heavy atom. The normalized spacial score (nSPS) is 10.3. The number of carbonyl (C=O) groups is 2. The van der Waals surface area contributed by atoms with Gasteiger partial charge in [-0.1, -0.05) is 23.2 Å². The molecule has 0 radical (unpaired) electrons. The molecule has 0 bridgehead atoms. The first-order valence-electron chi connectivity index (χ1n) is 6.94. The lowest BCUT2D eigenvalue weighted by Crippen LogP contribution is -2.15. The lowest BCUT2D eigenvalue weighted by atomic mass is 10.1. The van der Waals surface area contributed by atoms with Gasteiger partial charge in [0.2, 0.25) is 5.78 Å². The molecular formula is C17H13Cl2FO5. The van der Waals surface area contributed by atoms with E-state index in [1.54, 1.807) is 6.07 Å². The highest BCUT2D eigenvalue weighted by atomic mass is 35.5. The highest BCUT2D eigenvalue weighted by molar-refractivity contribution is 6.36. The lowest BCUT2D eigenvalue weighted by molar-refractivity contribution is 0.0473. The number of esters is 1. The molecule has 0 spiro atoms. The Morgan fingerprint density at radius 1 is 1.00 bits per heavy atom. The molecule has 132 valence electrons. The maximum atomic E-state index is 13.5. The topological polar surface area (TPSA) is 61.8 Å². The molecule has 25 heavy (non-hydrogen) atoms. The van der Waals surface area contributed by atoms with E-state index in [1.165, 1.54) is 26.4 Å². The molecule has 0 fully saturated rings. The third kappa shape index (κ3) is 4.41. The summed E-state index contributed by atoms with van der Waals surface area (Å²) in [6.45, 7) is -0.567. The second-order valence-electron chi connectivity index (χ2n) is 4.81. The number of rotatable bonds is 6. The van der Waals surface area contributed by atoms with Gasteiger partial charge < -0.3 is 14.2 Å². The third-order valence-corrected chi connectivity index (χ3v) is 3.88. The van der Waals surface area contributed by atoms with Crippen LogP contribution in [0.25, 0.3) is 0 Å². The van der Waals surface area contributed by atoms with Gasteiger partial charge in [0.15, 0.2) is 6.61 Å². The fourth-order valence-electron chi connectivity index (χ4n) is 1.99. The summed E-state index contributed by atoms with van der Waals surface area (Å²) < 4.78 is 28.5. The fraction of sp³-hybridized carbons (Fsp3) is 0.176. The molecule has 0 aliphatic heterocycles. The Balaban J connectivity index is 2.12. The van der Waals surface area contributed by atoms with Crippen molar-refractivity contribution >= 4 is 35.0 Å². The number of ketones is 1. The molecule has 0 saturated carbocycles. The maximum absolute atomic E-state index is 13.5. The highest BCUT2D eigenvalue weighted by Crippen LogP contribution is 2.26. The van der Waals surface area contributed by atoms with Crippen LogP contribution in [-0.2, 0) is 4.74 Å². The number of hydrogen-bond donors (Lipinski definition) is 0. The molecule has 0 aromatic heterocycles. The first kappa shape index (κ1) is 19.0. The third-order valence-electron chi connectivity index (χ3n) is 3.27. The molecule has 0 unspecified atom stereocenters. The molecule has 8 heteroatoms. The molecule has 2 rings (SSSR count). The van der Waals surface area contributed by atoms with E-state index in [0.29, 0.717) is 5.75 Å². The van der Waals surface area contributed by atoms with Gasteiger partial charge >= 0.3 is 5.97 Å². The van der Waals surface area contributed by atoms with Crippen molar-refractivity contribution in [3.8, 4) is 11.5 Å². The zero-order valence-electron chi connectivity index (χ0n) is 13.3. The number of ether oxygens (including phenoxy) is 3. The van der Waals surface area contributed by atoms with Gasteiger partial charge in [-0.15, -0.1) is 0 Å². The van der Waals surface area contributed by atoms with Gasteiger partial charge in [0.05, 0.1) is 35.4 Å². The molecule has 2 aromatic carbocycles. The Morgan fingerprint density at radius 3 is 2.36 bits per heavy atom. The summed E-state index contributed by atoms with van der Waals surface area (Å²) in [4.78, 5) is 24.2. The average Bonchev–Trinajstić information content (AvgIpc) is 2.61. The van der Waals surface area contributed by atoms with E-state index in [2.05, 4.69) is 0 Å². The molecule has 0 amide bonds. The van der Waals surface area contributed by atoms with Crippen molar-refractivity contribution in [2.45, 2.75) is 0 Å². The van der Waals surface area contributed by atoms with Crippen molar-refractivity contribution in [2.24, 2.45) is 0 Å². The summed E-state index contributed by atoms with van der Waals surface area (Å²) in [6.07, 6.45) is 0. The minimum absolute atomic E-state index is 0.0779. The second kappa shape index (κ2) is 8.18. The molecule has 0 aliphatic rings. The van der Waals surface area contributed by atoms with Crippen LogP contribution in [0.5, 0.6) is 11.5 Å². The average molecular weight is 387 g/mol. The predicted molar refractivity (Wildman–Crippen MR) is 90.6 cm³/mol. The lowest BCUT2D eigenvalue weighted by Gasteiger charge is -2.10. The molecule has 0 aliphatic carbocycles. The molecule has 0 atom stereocenters. The van der Waals surface area contributed by atoms with Crippen molar-refractivity contribution in [3.05, 3.63) is 57.3 Å². The molecule has 0 heterocycles. The van der Waals surface area contributed by atoms with Gasteiger partial charge in [0.25, 0.3) is 0 Å². The van der Waals surface area contributed by atoms with Gasteiger partial charge in [-0.3, -0.25) is 4.79 Å². The summed E-state index contributed by atoms with van der Waals surface area (Å²) in [6, 6.07) is 6.53. The summed E-state index contributed by atoms with van der Waals surface area (Å²) in [5.41, 5.74) is -0.0115. The first-order valence-corrected chi connectivity index (χ1v) is 7.69. The second-order valence-corrected chi connectivity index (χ2v) is 5.63. The van der Waals surface area contributed by atoms with E-state index in [-0.39, 0.29) is 26.9 Å². The van der Waals surface area contributed by atoms with Crippen LogP contribution in [-0.4, -0.2) is 32.6 Å².